The molecule has 1 aliphatic heterocycles. The van der Waals surface area contributed by atoms with Crippen molar-refractivity contribution in [3.8, 4) is 11.1 Å². The van der Waals surface area contributed by atoms with Crippen molar-refractivity contribution < 1.29 is 9.47 Å². The van der Waals surface area contributed by atoms with Gasteiger partial charge in [0.2, 0.25) is 0 Å². The molecule has 1 atom stereocenters. The van der Waals surface area contributed by atoms with Crippen LogP contribution in [0.4, 0.5) is 5.82 Å². The lowest BCUT2D eigenvalue weighted by atomic mass is 10.0. The SMILES string of the molecule is Cn1ncc(-c2ccc(C3COC(C)(C)O3)cc2)c1N. The standard InChI is InChI=1S/C15H19N3O2/c1-15(2)19-9-13(20-15)11-6-4-10(5-7-11)12-8-17-18(3)14(12)16/h4-8,13H,9,16H2,1-3H3. The maximum atomic E-state index is 5.99. The van der Waals surface area contributed by atoms with Gasteiger partial charge in [0.1, 0.15) is 11.9 Å². The van der Waals surface area contributed by atoms with E-state index in [9.17, 15) is 0 Å². The average molecular weight is 273 g/mol. The Bertz CT molecular complexity index is 617. The Labute approximate surface area is 118 Å². The van der Waals surface area contributed by atoms with E-state index in [2.05, 4.69) is 17.2 Å². The Kier molecular flexibility index (Phi) is 3.03. The molecule has 0 saturated carbocycles. The van der Waals surface area contributed by atoms with Crippen LogP contribution in [0.3, 0.4) is 0 Å². The van der Waals surface area contributed by atoms with E-state index in [0.717, 1.165) is 16.7 Å². The molecule has 1 aromatic carbocycles. The van der Waals surface area contributed by atoms with Crippen molar-refractivity contribution in [2.45, 2.75) is 25.7 Å². The zero-order valence-electron chi connectivity index (χ0n) is 12.0. The molecular weight excluding hydrogens is 254 g/mol. The quantitative estimate of drug-likeness (QED) is 0.913. The normalized spacial score (nSPS) is 21.2. The smallest absolute Gasteiger partial charge is 0.163 e. The molecule has 5 heteroatoms. The van der Waals surface area contributed by atoms with Gasteiger partial charge in [-0.3, -0.25) is 4.68 Å². The van der Waals surface area contributed by atoms with E-state index < -0.39 is 5.79 Å². The minimum atomic E-state index is -0.503. The second-order valence-electron chi connectivity index (χ2n) is 5.51. The van der Waals surface area contributed by atoms with Crippen molar-refractivity contribution in [3.05, 3.63) is 36.0 Å². The van der Waals surface area contributed by atoms with Gasteiger partial charge < -0.3 is 15.2 Å². The van der Waals surface area contributed by atoms with Crippen LogP contribution in [0.5, 0.6) is 0 Å². The molecule has 1 saturated heterocycles. The topological polar surface area (TPSA) is 62.3 Å². The van der Waals surface area contributed by atoms with E-state index in [-0.39, 0.29) is 6.10 Å². The van der Waals surface area contributed by atoms with Crippen LogP contribution >= 0.6 is 0 Å². The number of hydrogen-bond donors (Lipinski definition) is 1. The van der Waals surface area contributed by atoms with Crippen LogP contribution in [0.2, 0.25) is 0 Å². The Morgan fingerprint density at radius 3 is 2.50 bits per heavy atom. The van der Waals surface area contributed by atoms with E-state index in [1.807, 2.05) is 33.0 Å². The lowest BCUT2D eigenvalue weighted by Crippen LogP contribution is -2.19. The molecule has 0 spiro atoms. The summed E-state index contributed by atoms with van der Waals surface area (Å²) in [5, 5.41) is 4.16. The second kappa shape index (κ2) is 4.61. The molecule has 0 radical (unpaired) electrons. The summed E-state index contributed by atoms with van der Waals surface area (Å²) in [4.78, 5) is 0. The fourth-order valence-electron chi connectivity index (χ4n) is 2.40. The average Bonchev–Trinajstić information content (AvgIpc) is 2.94. The Balaban J connectivity index is 1.83. The number of rotatable bonds is 2. The zero-order chi connectivity index (χ0) is 14.3. The molecule has 5 nitrogen and oxygen atoms in total. The van der Waals surface area contributed by atoms with Gasteiger partial charge in [0, 0.05) is 12.6 Å². The molecule has 2 heterocycles. The predicted molar refractivity (Wildman–Crippen MR) is 76.9 cm³/mol. The molecule has 0 amide bonds. The van der Waals surface area contributed by atoms with E-state index in [4.69, 9.17) is 15.2 Å². The highest BCUT2D eigenvalue weighted by atomic mass is 16.7. The fourth-order valence-corrected chi connectivity index (χ4v) is 2.40. The van der Waals surface area contributed by atoms with Gasteiger partial charge in [0.05, 0.1) is 12.8 Å². The highest BCUT2D eigenvalue weighted by Gasteiger charge is 2.33. The summed E-state index contributed by atoms with van der Waals surface area (Å²) in [5.41, 5.74) is 9.10. The minimum absolute atomic E-state index is 0.00899. The summed E-state index contributed by atoms with van der Waals surface area (Å²) in [6.45, 7) is 4.44. The summed E-state index contributed by atoms with van der Waals surface area (Å²) >= 11 is 0. The molecule has 2 N–H and O–H groups in total. The van der Waals surface area contributed by atoms with Crippen LogP contribution in [0.15, 0.2) is 30.5 Å². The van der Waals surface area contributed by atoms with Gasteiger partial charge in [-0.25, -0.2) is 0 Å². The summed E-state index contributed by atoms with van der Waals surface area (Å²) < 4.78 is 13.1. The predicted octanol–water partition coefficient (Wildman–Crippen LogP) is 2.49. The maximum absolute atomic E-state index is 5.99. The molecule has 1 aliphatic rings. The van der Waals surface area contributed by atoms with Gasteiger partial charge in [0.15, 0.2) is 5.79 Å². The first-order valence-electron chi connectivity index (χ1n) is 6.66. The number of benzene rings is 1. The Morgan fingerprint density at radius 1 is 1.30 bits per heavy atom. The zero-order valence-corrected chi connectivity index (χ0v) is 12.0. The highest BCUT2D eigenvalue weighted by Crippen LogP contribution is 2.34. The van der Waals surface area contributed by atoms with E-state index in [0.29, 0.717) is 12.4 Å². The monoisotopic (exact) mass is 273 g/mol. The van der Waals surface area contributed by atoms with Crippen molar-refractivity contribution >= 4 is 5.82 Å². The molecule has 0 bridgehead atoms. The summed E-state index contributed by atoms with van der Waals surface area (Å²) in [6, 6.07) is 8.18. The fraction of sp³-hybridized carbons (Fsp3) is 0.400. The van der Waals surface area contributed by atoms with Crippen LogP contribution in [0.1, 0.15) is 25.5 Å². The third-order valence-electron chi connectivity index (χ3n) is 3.59. The van der Waals surface area contributed by atoms with Gasteiger partial charge in [0.25, 0.3) is 0 Å². The van der Waals surface area contributed by atoms with E-state index in [1.165, 1.54) is 0 Å². The molecule has 1 aromatic heterocycles. The largest absolute Gasteiger partial charge is 0.383 e. The number of nitrogens with two attached hydrogens (primary N) is 1. The molecular formula is C15H19N3O2. The number of nitrogens with zero attached hydrogens (tertiary/aromatic N) is 2. The van der Waals surface area contributed by atoms with Crippen LogP contribution in [-0.2, 0) is 16.5 Å². The number of aromatic nitrogens is 2. The van der Waals surface area contributed by atoms with Crippen LogP contribution in [0, 0.1) is 0 Å². The first-order chi connectivity index (χ1) is 9.46. The third-order valence-corrected chi connectivity index (χ3v) is 3.59. The van der Waals surface area contributed by atoms with Crippen molar-refractivity contribution in [3.63, 3.8) is 0 Å². The Morgan fingerprint density at radius 2 is 2.00 bits per heavy atom. The second-order valence-corrected chi connectivity index (χ2v) is 5.51. The first kappa shape index (κ1) is 13.1. The molecule has 2 aromatic rings. The van der Waals surface area contributed by atoms with Crippen molar-refractivity contribution in [1.82, 2.24) is 9.78 Å². The number of aryl methyl sites for hydroxylation is 1. The van der Waals surface area contributed by atoms with E-state index >= 15 is 0 Å². The number of ether oxygens (including phenoxy) is 2. The highest BCUT2D eigenvalue weighted by molar-refractivity contribution is 5.73. The van der Waals surface area contributed by atoms with Crippen LogP contribution in [-0.4, -0.2) is 22.2 Å². The number of anilines is 1. The van der Waals surface area contributed by atoms with Gasteiger partial charge >= 0.3 is 0 Å². The summed E-state index contributed by atoms with van der Waals surface area (Å²) in [5.74, 6) is 0.163. The maximum Gasteiger partial charge on any atom is 0.163 e. The van der Waals surface area contributed by atoms with Crippen molar-refractivity contribution in [1.29, 1.82) is 0 Å². The van der Waals surface area contributed by atoms with Crippen molar-refractivity contribution in [2.24, 2.45) is 7.05 Å². The van der Waals surface area contributed by atoms with Gasteiger partial charge in [-0.2, -0.15) is 5.10 Å². The van der Waals surface area contributed by atoms with Gasteiger partial charge in [-0.1, -0.05) is 24.3 Å². The lowest BCUT2D eigenvalue weighted by molar-refractivity contribution is -0.139. The number of hydrogen-bond acceptors (Lipinski definition) is 4. The summed E-state index contributed by atoms with van der Waals surface area (Å²) in [7, 11) is 1.83. The molecule has 20 heavy (non-hydrogen) atoms. The summed E-state index contributed by atoms with van der Waals surface area (Å²) in [6.07, 6.45) is 1.77. The van der Waals surface area contributed by atoms with Crippen LogP contribution < -0.4 is 5.73 Å². The van der Waals surface area contributed by atoms with E-state index in [1.54, 1.807) is 10.9 Å². The Hall–Kier alpha value is -1.85. The number of nitrogen functional groups attached to an aromatic ring is 1. The van der Waals surface area contributed by atoms with Crippen LogP contribution in [0.25, 0.3) is 11.1 Å². The van der Waals surface area contributed by atoms with Crippen molar-refractivity contribution in [2.75, 3.05) is 12.3 Å². The molecule has 0 aliphatic carbocycles. The minimum Gasteiger partial charge on any atom is -0.383 e. The molecule has 1 unspecified atom stereocenters. The van der Waals surface area contributed by atoms with Gasteiger partial charge in [-0.15, -0.1) is 0 Å². The molecule has 106 valence electrons. The lowest BCUT2D eigenvalue weighted by Gasteiger charge is -2.17. The third kappa shape index (κ3) is 2.30. The molecule has 1 fully saturated rings. The molecule has 3 rings (SSSR count). The van der Waals surface area contributed by atoms with Gasteiger partial charge in [-0.05, 0) is 25.0 Å². The first-order valence-corrected chi connectivity index (χ1v) is 6.66.